The maximum absolute atomic E-state index is 13.5. The topological polar surface area (TPSA) is 95.3 Å². The van der Waals surface area contributed by atoms with Gasteiger partial charge in [0.05, 0.1) is 5.56 Å². The molecule has 0 atom stereocenters. The summed E-state index contributed by atoms with van der Waals surface area (Å²) in [5.41, 5.74) is 2.49. The summed E-state index contributed by atoms with van der Waals surface area (Å²) in [5.74, 6) is 0.263. The number of aryl methyl sites for hydroxylation is 3. The van der Waals surface area contributed by atoms with Gasteiger partial charge in [-0.25, -0.2) is 12.8 Å². The fraction of sp³-hybridized carbons (Fsp3) is 0.368. The lowest BCUT2D eigenvalue weighted by molar-refractivity contribution is 0.384. The number of halogens is 1. The normalized spacial score (nSPS) is 15.8. The van der Waals surface area contributed by atoms with Gasteiger partial charge in [-0.1, -0.05) is 0 Å². The number of hydrogen-bond acceptors (Lipinski definition) is 6. The minimum atomic E-state index is -3.77. The molecule has 154 valence electrons. The predicted molar refractivity (Wildman–Crippen MR) is 106 cm³/mol. The molecule has 0 aliphatic carbocycles. The third-order valence-corrected chi connectivity index (χ3v) is 7.16. The highest BCUT2D eigenvalue weighted by atomic mass is 32.2. The van der Waals surface area contributed by atoms with E-state index in [1.165, 1.54) is 16.4 Å². The molecule has 0 spiro atoms. The number of sulfonamides is 1. The maximum Gasteiger partial charge on any atom is 0.250 e. The smallest absolute Gasteiger partial charge is 0.250 e. The summed E-state index contributed by atoms with van der Waals surface area (Å²) in [4.78, 5) is 5.31. The van der Waals surface area contributed by atoms with Gasteiger partial charge in [0, 0.05) is 50.2 Å². The molecule has 3 aromatic rings. The third-order valence-electron chi connectivity index (χ3n) is 5.09. The minimum Gasteiger partial charge on any atom is -0.421 e. The maximum atomic E-state index is 13.5. The first kappa shape index (κ1) is 19.6. The van der Waals surface area contributed by atoms with Crippen molar-refractivity contribution >= 4 is 15.7 Å². The van der Waals surface area contributed by atoms with Crippen molar-refractivity contribution < 1.29 is 17.2 Å². The number of H-pyrrole nitrogens is 1. The molecule has 2 aromatic heterocycles. The second-order valence-electron chi connectivity index (χ2n) is 7.07. The number of nitrogens with one attached hydrogen (secondary N) is 1. The molecule has 1 aliphatic rings. The largest absolute Gasteiger partial charge is 0.421 e. The van der Waals surface area contributed by atoms with E-state index in [2.05, 4.69) is 15.2 Å². The highest BCUT2D eigenvalue weighted by Crippen LogP contribution is 2.35. The summed E-state index contributed by atoms with van der Waals surface area (Å²) < 4.78 is 47.0. The van der Waals surface area contributed by atoms with Crippen molar-refractivity contribution in [1.29, 1.82) is 0 Å². The fourth-order valence-corrected chi connectivity index (χ4v) is 5.54. The first-order valence-corrected chi connectivity index (χ1v) is 10.7. The summed E-state index contributed by atoms with van der Waals surface area (Å²) in [6, 6.07) is 6.22. The Morgan fingerprint density at radius 1 is 1.00 bits per heavy atom. The van der Waals surface area contributed by atoms with E-state index in [0.29, 0.717) is 49.0 Å². The number of rotatable bonds is 4. The molecule has 3 heterocycles. The molecule has 4 rings (SSSR count). The lowest BCUT2D eigenvalue weighted by Gasteiger charge is -2.35. The van der Waals surface area contributed by atoms with Crippen molar-refractivity contribution in [3.8, 4) is 11.5 Å². The van der Waals surface area contributed by atoms with Crippen molar-refractivity contribution in [2.24, 2.45) is 0 Å². The van der Waals surface area contributed by atoms with Crippen LogP contribution in [0.1, 0.15) is 17.3 Å². The predicted octanol–water partition coefficient (Wildman–Crippen LogP) is 2.64. The van der Waals surface area contributed by atoms with E-state index in [1.807, 2.05) is 4.90 Å². The molecular formula is C19H22FN5O3S. The summed E-state index contributed by atoms with van der Waals surface area (Å²) in [5, 5.41) is 7.84. The van der Waals surface area contributed by atoms with Crippen molar-refractivity contribution in [3.05, 3.63) is 47.4 Å². The molecule has 0 amide bonds. The number of anilines is 1. The molecule has 1 saturated heterocycles. The molecule has 0 radical (unpaired) electrons. The SMILES string of the molecule is Cc1nnc(-c2c(C)[nH]c(C)c2S(=O)(=O)N2CCN(c3ccc(F)cc3)CC2)o1. The van der Waals surface area contributed by atoms with Gasteiger partial charge in [0.1, 0.15) is 10.7 Å². The minimum absolute atomic E-state index is 0.175. The first-order valence-electron chi connectivity index (χ1n) is 9.27. The molecule has 8 nitrogen and oxygen atoms in total. The summed E-state index contributed by atoms with van der Waals surface area (Å²) in [7, 11) is -3.77. The monoisotopic (exact) mass is 419 g/mol. The van der Waals surface area contributed by atoms with E-state index in [1.54, 1.807) is 32.9 Å². The Kier molecular flexibility index (Phi) is 4.91. The van der Waals surface area contributed by atoms with Crippen LogP contribution >= 0.6 is 0 Å². The van der Waals surface area contributed by atoms with Crippen LogP contribution in [0, 0.1) is 26.6 Å². The van der Waals surface area contributed by atoms with Gasteiger partial charge >= 0.3 is 0 Å². The van der Waals surface area contributed by atoms with Gasteiger partial charge in [-0.3, -0.25) is 0 Å². The second kappa shape index (κ2) is 7.27. The van der Waals surface area contributed by atoms with Gasteiger partial charge in [-0.2, -0.15) is 4.31 Å². The van der Waals surface area contributed by atoms with Gasteiger partial charge in [-0.05, 0) is 38.1 Å². The number of nitrogens with zero attached hydrogens (tertiary/aromatic N) is 4. The summed E-state index contributed by atoms with van der Waals surface area (Å²) >= 11 is 0. The quantitative estimate of drug-likeness (QED) is 0.699. The van der Waals surface area contributed by atoms with Crippen LogP contribution in [0.4, 0.5) is 10.1 Å². The summed E-state index contributed by atoms with van der Waals surface area (Å²) in [6.07, 6.45) is 0. The molecule has 1 aliphatic heterocycles. The van der Waals surface area contributed by atoms with Crippen LogP contribution in [0.25, 0.3) is 11.5 Å². The van der Waals surface area contributed by atoms with Crippen molar-refractivity contribution in [2.75, 3.05) is 31.1 Å². The standard InChI is InChI=1S/C19H22FN5O3S/c1-12-17(19-23-22-14(3)28-19)18(13(2)21-12)29(26,27)25-10-8-24(9-11-25)16-6-4-15(20)5-7-16/h4-7,21H,8-11H2,1-3H3. The molecule has 0 unspecified atom stereocenters. The van der Waals surface area contributed by atoms with Crippen LogP contribution < -0.4 is 4.90 Å². The van der Waals surface area contributed by atoms with Gasteiger partial charge in [-0.15, -0.1) is 10.2 Å². The van der Waals surface area contributed by atoms with Crippen LogP contribution in [0.2, 0.25) is 0 Å². The number of hydrogen-bond donors (Lipinski definition) is 1. The lowest BCUT2D eigenvalue weighted by atomic mass is 10.2. The zero-order chi connectivity index (χ0) is 20.8. The van der Waals surface area contributed by atoms with Crippen molar-refractivity contribution in [3.63, 3.8) is 0 Å². The van der Waals surface area contributed by atoms with E-state index in [-0.39, 0.29) is 16.6 Å². The lowest BCUT2D eigenvalue weighted by Crippen LogP contribution is -2.48. The molecule has 29 heavy (non-hydrogen) atoms. The van der Waals surface area contributed by atoms with E-state index in [0.717, 1.165) is 5.69 Å². The number of aromatic amines is 1. The fourth-order valence-electron chi connectivity index (χ4n) is 3.70. The molecule has 10 heteroatoms. The Morgan fingerprint density at radius 2 is 1.66 bits per heavy atom. The first-order chi connectivity index (χ1) is 13.8. The van der Waals surface area contributed by atoms with E-state index in [4.69, 9.17) is 4.42 Å². The van der Waals surface area contributed by atoms with Crippen LogP contribution in [-0.4, -0.2) is 54.1 Å². The third kappa shape index (κ3) is 3.53. The van der Waals surface area contributed by atoms with Gasteiger partial charge in [0.2, 0.25) is 15.9 Å². The Morgan fingerprint density at radius 3 is 2.24 bits per heavy atom. The van der Waals surface area contributed by atoms with Gasteiger partial charge in [0.15, 0.2) is 0 Å². The number of piperazine rings is 1. The molecule has 1 aromatic carbocycles. The molecular weight excluding hydrogens is 397 g/mol. The average molecular weight is 419 g/mol. The highest BCUT2D eigenvalue weighted by Gasteiger charge is 2.35. The number of benzene rings is 1. The zero-order valence-corrected chi connectivity index (χ0v) is 17.3. The molecule has 1 N–H and O–H groups in total. The van der Waals surface area contributed by atoms with Gasteiger partial charge < -0.3 is 14.3 Å². The van der Waals surface area contributed by atoms with Crippen LogP contribution in [-0.2, 0) is 10.0 Å². The molecule has 1 fully saturated rings. The zero-order valence-electron chi connectivity index (χ0n) is 16.4. The summed E-state index contributed by atoms with van der Waals surface area (Å²) in [6.45, 7) is 6.85. The molecule has 0 saturated carbocycles. The van der Waals surface area contributed by atoms with Crippen molar-refractivity contribution in [2.45, 2.75) is 25.7 Å². The van der Waals surface area contributed by atoms with E-state index < -0.39 is 10.0 Å². The van der Waals surface area contributed by atoms with Crippen molar-refractivity contribution in [1.82, 2.24) is 19.5 Å². The van der Waals surface area contributed by atoms with Gasteiger partial charge in [0.25, 0.3) is 5.89 Å². The highest BCUT2D eigenvalue weighted by molar-refractivity contribution is 7.89. The van der Waals surface area contributed by atoms with Crippen LogP contribution in [0.3, 0.4) is 0 Å². The number of aromatic nitrogens is 3. The second-order valence-corrected chi connectivity index (χ2v) is 8.95. The Labute approximate surface area is 168 Å². The van der Waals surface area contributed by atoms with E-state index >= 15 is 0 Å². The van der Waals surface area contributed by atoms with Crippen LogP contribution in [0.15, 0.2) is 33.6 Å². The average Bonchev–Trinajstić information content (AvgIpc) is 3.24. The van der Waals surface area contributed by atoms with Crippen LogP contribution in [0.5, 0.6) is 0 Å². The molecule has 0 bridgehead atoms. The Bertz CT molecular complexity index is 1130. The Hall–Kier alpha value is -2.72. The van der Waals surface area contributed by atoms with E-state index in [9.17, 15) is 12.8 Å². The Balaban J connectivity index is 1.61.